The average Bonchev–Trinajstić information content (AvgIpc) is 2.49. The number of ether oxygens (including phenoxy) is 2. The van der Waals surface area contributed by atoms with Gasteiger partial charge < -0.3 is 25.8 Å². The molecule has 0 unspecified atom stereocenters. The number of hydrogen-bond donors (Lipinski definition) is 3. The van der Waals surface area contributed by atoms with Gasteiger partial charge in [-0.25, -0.2) is 0 Å². The molecule has 0 aromatic carbocycles. The third-order valence-electron chi connectivity index (χ3n) is 3.56. The molecule has 0 aliphatic heterocycles. The van der Waals surface area contributed by atoms with E-state index in [2.05, 4.69) is 24.5 Å². The number of rotatable bonds is 12. The molecule has 0 aromatic heterocycles. The first-order valence-corrected chi connectivity index (χ1v) is 8.33. The summed E-state index contributed by atoms with van der Waals surface area (Å²) in [5.41, 5.74) is 5.55. The minimum absolute atomic E-state index is 0.0454. The predicted octanol–water partition coefficient (Wildman–Crippen LogP) is 0.672. The highest BCUT2D eigenvalue weighted by Crippen LogP contribution is 2.19. The zero-order valence-corrected chi connectivity index (χ0v) is 16.0. The third kappa shape index (κ3) is 10.6. The van der Waals surface area contributed by atoms with Crippen molar-refractivity contribution in [3.63, 3.8) is 0 Å². The zero-order chi connectivity index (χ0) is 18.8. The summed E-state index contributed by atoms with van der Waals surface area (Å²) in [4.78, 5) is 23.2. The predicted molar refractivity (Wildman–Crippen MR) is 94.5 cm³/mol. The van der Waals surface area contributed by atoms with E-state index in [-0.39, 0.29) is 29.1 Å². The van der Waals surface area contributed by atoms with Gasteiger partial charge in [-0.15, -0.1) is 0 Å². The third-order valence-corrected chi connectivity index (χ3v) is 3.56. The molecular weight excluding hydrogens is 310 g/mol. The first kappa shape index (κ1) is 22.8. The van der Waals surface area contributed by atoms with Crippen LogP contribution in [0.25, 0.3) is 0 Å². The van der Waals surface area contributed by atoms with Gasteiger partial charge in [0.2, 0.25) is 11.8 Å². The summed E-state index contributed by atoms with van der Waals surface area (Å²) in [6.45, 7) is 10.4. The molecule has 4 N–H and O–H groups in total. The van der Waals surface area contributed by atoms with Crippen LogP contribution in [0.3, 0.4) is 0 Å². The number of amides is 2. The smallest absolute Gasteiger partial charge is 0.236 e. The van der Waals surface area contributed by atoms with Crippen LogP contribution in [-0.4, -0.2) is 58.4 Å². The molecule has 24 heavy (non-hydrogen) atoms. The topological polar surface area (TPSA) is 103 Å². The van der Waals surface area contributed by atoms with E-state index in [0.717, 1.165) is 0 Å². The summed E-state index contributed by atoms with van der Waals surface area (Å²) in [7, 11) is 3.24. The van der Waals surface area contributed by atoms with Gasteiger partial charge in [0, 0.05) is 38.0 Å². The molecule has 2 amide bonds. The standard InChI is InChI=1S/C17H35N3O4/c1-16(2,11-24-12-17(3,4)10-23-6)9-20-15(22)13(18)7-8-14(21)19-5/h13H,7-12,18H2,1-6H3,(H,19,21)(H,20,22)/t13-/m0/s1. The van der Waals surface area contributed by atoms with Crippen LogP contribution in [0.15, 0.2) is 0 Å². The van der Waals surface area contributed by atoms with Crippen molar-refractivity contribution >= 4 is 11.8 Å². The maximum atomic E-state index is 12.0. The molecule has 0 heterocycles. The molecule has 1 atom stereocenters. The Bertz CT molecular complexity index is 397. The first-order chi connectivity index (χ1) is 11.0. The summed E-state index contributed by atoms with van der Waals surface area (Å²) in [6.07, 6.45) is 0.569. The molecule has 0 rings (SSSR count). The van der Waals surface area contributed by atoms with Crippen LogP contribution < -0.4 is 16.4 Å². The minimum atomic E-state index is -0.681. The van der Waals surface area contributed by atoms with Crippen LogP contribution in [0.1, 0.15) is 40.5 Å². The Hall–Kier alpha value is -1.18. The molecular formula is C17H35N3O4. The molecule has 0 aromatic rings. The van der Waals surface area contributed by atoms with Gasteiger partial charge in [0.25, 0.3) is 0 Å². The van der Waals surface area contributed by atoms with Gasteiger partial charge in [-0.05, 0) is 6.42 Å². The fourth-order valence-corrected chi connectivity index (χ4v) is 2.09. The number of hydrogen-bond acceptors (Lipinski definition) is 5. The highest BCUT2D eigenvalue weighted by molar-refractivity contribution is 5.82. The van der Waals surface area contributed by atoms with Crippen molar-refractivity contribution < 1.29 is 19.1 Å². The number of methoxy groups -OCH3 is 1. The number of nitrogens with one attached hydrogen (secondary N) is 2. The van der Waals surface area contributed by atoms with E-state index in [1.807, 2.05) is 13.8 Å². The lowest BCUT2D eigenvalue weighted by atomic mass is 9.93. The second-order valence-corrected chi connectivity index (χ2v) is 7.79. The van der Waals surface area contributed by atoms with E-state index >= 15 is 0 Å². The number of carbonyl (C=O) groups excluding carboxylic acids is 2. The normalized spacial score (nSPS) is 13.5. The van der Waals surface area contributed by atoms with Gasteiger partial charge in [-0.3, -0.25) is 9.59 Å². The largest absolute Gasteiger partial charge is 0.384 e. The molecule has 0 aliphatic rings. The first-order valence-electron chi connectivity index (χ1n) is 8.33. The molecule has 7 nitrogen and oxygen atoms in total. The Labute approximate surface area is 146 Å². The van der Waals surface area contributed by atoms with Crippen molar-refractivity contribution in [1.29, 1.82) is 0 Å². The molecule has 0 aliphatic carbocycles. The zero-order valence-electron chi connectivity index (χ0n) is 16.0. The molecule has 0 radical (unpaired) electrons. The van der Waals surface area contributed by atoms with E-state index in [4.69, 9.17) is 15.2 Å². The second-order valence-electron chi connectivity index (χ2n) is 7.79. The number of carbonyl (C=O) groups is 2. The van der Waals surface area contributed by atoms with Crippen molar-refractivity contribution in [3.05, 3.63) is 0 Å². The SMILES string of the molecule is CNC(=O)CC[C@H](N)C(=O)NCC(C)(C)COCC(C)(C)COC. The summed E-state index contributed by atoms with van der Waals surface area (Å²) in [6, 6.07) is -0.681. The minimum Gasteiger partial charge on any atom is -0.384 e. The second kappa shape index (κ2) is 10.6. The van der Waals surface area contributed by atoms with E-state index in [0.29, 0.717) is 32.8 Å². The van der Waals surface area contributed by atoms with Crippen molar-refractivity contribution in [3.8, 4) is 0 Å². The lowest BCUT2D eigenvalue weighted by Crippen LogP contribution is -2.45. The van der Waals surface area contributed by atoms with E-state index in [1.165, 1.54) is 0 Å². The maximum absolute atomic E-state index is 12.0. The van der Waals surface area contributed by atoms with Gasteiger partial charge in [-0.1, -0.05) is 27.7 Å². The van der Waals surface area contributed by atoms with Gasteiger partial charge in [0.05, 0.1) is 25.9 Å². The summed E-state index contributed by atoms with van der Waals surface area (Å²) >= 11 is 0. The molecule has 0 bridgehead atoms. The Morgan fingerprint density at radius 3 is 2.21 bits per heavy atom. The Morgan fingerprint density at radius 2 is 1.67 bits per heavy atom. The molecule has 0 spiro atoms. The lowest BCUT2D eigenvalue weighted by Gasteiger charge is -2.29. The molecule has 142 valence electrons. The fourth-order valence-electron chi connectivity index (χ4n) is 2.09. The highest BCUT2D eigenvalue weighted by Gasteiger charge is 2.24. The van der Waals surface area contributed by atoms with E-state index in [1.54, 1.807) is 14.2 Å². The van der Waals surface area contributed by atoms with Crippen LogP contribution in [0.2, 0.25) is 0 Å². The monoisotopic (exact) mass is 345 g/mol. The van der Waals surface area contributed by atoms with Gasteiger partial charge in [0.1, 0.15) is 0 Å². The van der Waals surface area contributed by atoms with Crippen LogP contribution in [0.4, 0.5) is 0 Å². The molecule has 0 saturated carbocycles. The van der Waals surface area contributed by atoms with Crippen molar-refractivity contribution in [1.82, 2.24) is 10.6 Å². The Balaban J connectivity index is 4.13. The highest BCUT2D eigenvalue weighted by atomic mass is 16.5. The quantitative estimate of drug-likeness (QED) is 0.482. The van der Waals surface area contributed by atoms with E-state index < -0.39 is 6.04 Å². The van der Waals surface area contributed by atoms with Crippen LogP contribution >= 0.6 is 0 Å². The van der Waals surface area contributed by atoms with E-state index in [9.17, 15) is 9.59 Å². The van der Waals surface area contributed by atoms with Gasteiger partial charge in [0.15, 0.2) is 0 Å². The summed E-state index contributed by atoms with van der Waals surface area (Å²) in [5, 5.41) is 5.35. The van der Waals surface area contributed by atoms with Crippen molar-refractivity contribution in [2.24, 2.45) is 16.6 Å². The average molecular weight is 345 g/mol. The van der Waals surface area contributed by atoms with Gasteiger partial charge in [-0.2, -0.15) is 0 Å². The molecule has 7 heteroatoms. The van der Waals surface area contributed by atoms with Gasteiger partial charge >= 0.3 is 0 Å². The summed E-state index contributed by atoms with van der Waals surface area (Å²) in [5.74, 6) is -0.364. The van der Waals surface area contributed by atoms with Crippen molar-refractivity contribution in [2.45, 2.75) is 46.6 Å². The van der Waals surface area contributed by atoms with Crippen LogP contribution in [0.5, 0.6) is 0 Å². The van der Waals surface area contributed by atoms with Crippen molar-refractivity contribution in [2.75, 3.05) is 40.5 Å². The van der Waals surface area contributed by atoms with Crippen LogP contribution in [-0.2, 0) is 19.1 Å². The maximum Gasteiger partial charge on any atom is 0.236 e. The molecule has 0 fully saturated rings. The lowest BCUT2D eigenvalue weighted by molar-refractivity contribution is -0.123. The fraction of sp³-hybridized carbons (Fsp3) is 0.882. The Kier molecular flexibility index (Phi) is 10.1. The summed E-state index contributed by atoms with van der Waals surface area (Å²) < 4.78 is 10.9. The number of nitrogens with two attached hydrogens (primary N) is 1. The Morgan fingerprint density at radius 1 is 1.08 bits per heavy atom. The molecule has 0 saturated heterocycles. The van der Waals surface area contributed by atoms with Crippen LogP contribution in [0, 0.1) is 10.8 Å².